The van der Waals surface area contributed by atoms with Gasteiger partial charge >= 0.3 is 0 Å². The molecule has 0 radical (unpaired) electrons. The monoisotopic (exact) mass is 169 g/mol. The lowest BCUT2D eigenvalue weighted by Gasteiger charge is -2.10. The molecule has 0 spiro atoms. The van der Waals surface area contributed by atoms with Gasteiger partial charge in [0.1, 0.15) is 0 Å². The summed E-state index contributed by atoms with van der Waals surface area (Å²) in [5.74, 6) is -0.0733. The maximum Gasteiger partial charge on any atom is 0.220 e. The Hall–Kier alpha value is -0.790. The molecule has 2 N–H and O–H groups in total. The third-order valence-corrected chi connectivity index (χ3v) is 2.00. The molecule has 0 saturated carbocycles. The van der Waals surface area contributed by atoms with Crippen molar-refractivity contribution in [1.82, 2.24) is 0 Å². The van der Waals surface area contributed by atoms with Gasteiger partial charge in [-0.3, -0.25) is 4.79 Å². The van der Waals surface area contributed by atoms with E-state index in [-0.39, 0.29) is 11.8 Å². The van der Waals surface area contributed by atoms with Crippen molar-refractivity contribution in [3.05, 3.63) is 12.7 Å². The fraction of sp³-hybridized carbons (Fsp3) is 0.700. The van der Waals surface area contributed by atoms with Crippen molar-refractivity contribution >= 4 is 5.91 Å². The van der Waals surface area contributed by atoms with Crippen LogP contribution in [0.1, 0.15) is 39.0 Å². The first kappa shape index (κ1) is 11.2. The SMILES string of the molecule is C=CCCCC(CCC)C(N)=O. The molecule has 0 heterocycles. The van der Waals surface area contributed by atoms with Crippen LogP contribution in [0.2, 0.25) is 0 Å². The van der Waals surface area contributed by atoms with Gasteiger partial charge in [0.2, 0.25) is 5.91 Å². The van der Waals surface area contributed by atoms with Gasteiger partial charge in [-0.05, 0) is 25.7 Å². The number of amides is 1. The van der Waals surface area contributed by atoms with Crippen molar-refractivity contribution in [1.29, 1.82) is 0 Å². The molecule has 0 saturated heterocycles. The van der Waals surface area contributed by atoms with Gasteiger partial charge in [0.15, 0.2) is 0 Å². The molecule has 0 aliphatic rings. The fourth-order valence-corrected chi connectivity index (χ4v) is 1.29. The summed E-state index contributed by atoms with van der Waals surface area (Å²) in [5.41, 5.74) is 5.24. The minimum atomic E-state index is -0.152. The highest BCUT2D eigenvalue weighted by molar-refractivity contribution is 5.76. The molecule has 1 amide bonds. The second-order valence-electron chi connectivity index (χ2n) is 3.11. The number of hydrogen-bond donors (Lipinski definition) is 1. The minimum absolute atomic E-state index is 0.0787. The van der Waals surface area contributed by atoms with Crippen molar-refractivity contribution < 1.29 is 4.79 Å². The fourth-order valence-electron chi connectivity index (χ4n) is 1.29. The van der Waals surface area contributed by atoms with Crippen LogP contribution in [0.4, 0.5) is 0 Å². The average Bonchev–Trinajstić information content (AvgIpc) is 2.03. The van der Waals surface area contributed by atoms with E-state index in [2.05, 4.69) is 13.5 Å². The van der Waals surface area contributed by atoms with Crippen molar-refractivity contribution in [2.75, 3.05) is 0 Å². The Morgan fingerprint density at radius 2 is 2.25 bits per heavy atom. The molecular weight excluding hydrogens is 150 g/mol. The second-order valence-corrected chi connectivity index (χ2v) is 3.11. The van der Waals surface area contributed by atoms with Crippen LogP contribution in [-0.4, -0.2) is 5.91 Å². The Kier molecular flexibility index (Phi) is 6.44. The number of carbonyl (C=O) groups excluding carboxylic acids is 1. The lowest BCUT2D eigenvalue weighted by atomic mass is 9.96. The molecule has 0 aromatic carbocycles. The summed E-state index contributed by atoms with van der Waals surface area (Å²) in [7, 11) is 0. The largest absolute Gasteiger partial charge is 0.369 e. The van der Waals surface area contributed by atoms with E-state index >= 15 is 0 Å². The number of unbranched alkanes of at least 4 members (excludes halogenated alkanes) is 1. The van der Waals surface area contributed by atoms with E-state index in [0.717, 1.165) is 32.1 Å². The molecule has 0 rings (SSSR count). The summed E-state index contributed by atoms with van der Waals surface area (Å²) in [6.07, 6.45) is 6.75. The number of hydrogen-bond acceptors (Lipinski definition) is 1. The summed E-state index contributed by atoms with van der Waals surface area (Å²) in [5, 5.41) is 0. The Morgan fingerprint density at radius 1 is 1.58 bits per heavy atom. The Balaban J connectivity index is 3.63. The summed E-state index contributed by atoms with van der Waals surface area (Å²) in [4.78, 5) is 10.9. The van der Waals surface area contributed by atoms with Crippen LogP contribution in [0.5, 0.6) is 0 Å². The summed E-state index contributed by atoms with van der Waals surface area (Å²) in [6, 6.07) is 0. The van der Waals surface area contributed by atoms with Gasteiger partial charge in [-0.15, -0.1) is 6.58 Å². The molecule has 0 aromatic rings. The van der Waals surface area contributed by atoms with E-state index in [4.69, 9.17) is 5.73 Å². The predicted molar refractivity (Wildman–Crippen MR) is 51.6 cm³/mol. The van der Waals surface area contributed by atoms with E-state index in [0.29, 0.717) is 0 Å². The molecule has 12 heavy (non-hydrogen) atoms. The van der Waals surface area contributed by atoms with Gasteiger partial charge in [0.25, 0.3) is 0 Å². The maximum absolute atomic E-state index is 10.9. The molecule has 0 fully saturated rings. The van der Waals surface area contributed by atoms with E-state index in [1.807, 2.05) is 6.08 Å². The first-order chi connectivity index (χ1) is 5.72. The molecule has 70 valence electrons. The molecular formula is C10H19NO. The smallest absolute Gasteiger partial charge is 0.220 e. The van der Waals surface area contributed by atoms with Crippen LogP contribution in [0.15, 0.2) is 12.7 Å². The summed E-state index contributed by atoms with van der Waals surface area (Å²) >= 11 is 0. The highest BCUT2D eigenvalue weighted by Gasteiger charge is 2.12. The molecule has 2 heteroatoms. The van der Waals surface area contributed by atoms with Gasteiger partial charge < -0.3 is 5.73 Å². The zero-order valence-corrected chi connectivity index (χ0v) is 7.88. The quantitative estimate of drug-likeness (QED) is 0.461. The third kappa shape index (κ3) is 4.94. The number of nitrogens with two attached hydrogens (primary N) is 1. The molecule has 2 nitrogen and oxygen atoms in total. The Bertz CT molecular complexity index is 143. The number of allylic oxidation sites excluding steroid dienone is 1. The normalized spacial score (nSPS) is 12.4. The summed E-state index contributed by atoms with van der Waals surface area (Å²) < 4.78 is 0. The molecule has 1 unspecified atom stereocenters. The lowest BCUT2D eigenvalue weighted by molar-refractivity contribution is -0.122. The van der Waals surface area contributed by atoms with Crippen LogP contribution in [0.25, 0.3) is 0 Å². The van der Waals surface area contributed by atoms with E-state index in [1.165, 1.54) is 0 Å². The van der Waals surface area contributed by atoms with E-state index in [9.17, 15) is 4.79 Å². The third-order valence-electron chi connectivity index (χ3n) is 2.00. The van der Waals surface area contributed by atoms with Crippen molar-refractivity contribution in [2.45, 2.75) is 39.0 Å². The van der Waals surface area contributed by atoms with Crippen molar-refractivity contribution in [2.24, 2.45) is 11.7 Å². The predicted octanol–water partition coefficient (Wildman–Crippen LogP) is 2.24. The molecule has 0 aliphatic heterocycles. The Morgan fingerprint density at radius 3 is 2.67 bits per heavy atom. The Labute approximate surface area is 74.8 Å². The van der Waals surface area contributed by atoms with Crippen LogP contribution >= 0.6 is 0 Å². The van der Waals surface area contributed by atoms with Crippen LogP contribution in [0, 0.1) is 5.92 Å². The zero-order valence-electron chi connectivity index (χ0n) is 7.88. The van der Waals surface area contributed by atoms with Gasteiger partial charge in [0, 0.05) is 5.92 Å². The highest BCUT2D eigenvalue weighted by atomic mass is 16.1. The maximum atomic E-state index is 10.9. The highest BCUT2D eigenvalue weighted by Crippen LogP contribution is 2.14. The molecule has 0 aliphatic carbocycles. The number of carbonyl (C=O) groups is 1. The first-order valence-corrected chi connectivity index (χ1v) is 4.62. The van der Waals surface area contributed by atoms with Crippen LogP contribution in [-0.2, 0) is 4.79 Å². The topological polar surface area (TPSA) is 43.1 Å². The standard InChI is InChI=1S/C10H19NO/c1-3-5-6-8-9(7-4-2)10(11)12/h3,9H,1,4-8H2,2H3,(H2,11,12). The van der Waals surface area contributed by atoms with Crippen molar-refractivity contribution in [3.8, 4) is 0 Å². The summed E-state index contributed by atoms with van der Waals surface area (Å²) in [6.45, 7) is 5.71. The minimum Gasteiger partial charge on any atom is -0.369 e. The zero-order chi connectivity index (χ0) is 9.40. The van der Waals surface area contributed by atoms with E-state index < -0.39 is 0 Å². The van der Waals surface area contributed by atoms with Gasteiger partial charge in [-0.2, -0.15) is 0 Å². The van der Waals surface area contributed by atoms with Gasteiger partial charge in [-0.25, -0.2) is 0 Å². The number of rotatable bonds is 7. The van der Waals surface area contributed by atoms with Gasteiger partial charge in [0.05, 0.1) is 0 Å². The van der Waals surface area contributed by atoms with Gasteiger partial charge in [-0.1, -0.05) is 19.4 Å². The molecule has 0 bridgehead atoms. The van der Waals surface area contributed by atoms with E-state index in [1.54, 1.807) is 0 Å². The lowest BCUT2D eigenvalue weighted by Crippen LogP contribution is -2.22. The average molecular weight is 169 g/mol. The second kappa shape index (κ2) is 6.89. The molecule has 0 aromatic heterocycles. The van der Waals surface area contributed by atoms with Crippen molar-refractivity contribution in [3.63, 3.8) is 0 Å². The first-order valence-electron chi connectivity index (χ1n) is 4.62. The molecule has 1 atom stereocenters. The van der Waals surface area contributed by atoms with Crippen LogP contribution in [0.3, 0.4) is 0 Å². The van der Waals surface area contributed by atoms with Crippen LogP contribution < -0.4 is 5.73 Å². The number of primary amides is 1.